The number of sulfone groups is 1. The van der Waals surface area contributed by atoms with Crippen LogP contribution in [0.4, 0.5) is 5.69 Å². The molecule has 1 heterocycles. The van der Waals surface area contributed by atoms with Crippen LogP contribution in [0.15, 0.2) is 24.3 Å². The summed E-state index contributed by atoms with van der Waals surface area (Å²) in [6.45, 7) is 2.61. The zero-order valence-electron chi connectivity index (χ0n) is 11.8. The van der Waals surface area contributed by atoms with E-state index < -0.39 is 21.3 Å². The van der Waals surface area contributed by atoms with E-state index >= 15 is 0 Å². The summed E-state index contributed by atoms with van der Waals surface area (Å²) in [6, 6.07) is 7.56. The average molecular weight is 315 g/mol. The number of anilines is 1. The predicted molar refractivity (Wildman–Crippen MR) is 85.0 cm³/mol. The van der Waals surface area contributed by atoms with Crippen molar-refractivity contribution in [2.75, 3.05) is 29.2 Å². The minimum absolute atomic E-state index is 0.508. The molecule has 0 radical (unpaired) electrons. The number of nitrogens with zero attached hydrogens (tertiary/aromatic N) is 1. The summed E-state index contributed by atoms with van der Waals surface area (Å²) in [5.41, 5.74) is 1.66. The van der Waals surface area contributed by atoms with Gasteiger partial charge in [0.05, 0.1) is 6.10 Å². The van der Waals surface area contributed by atoms with Crippen LogP contribution in [0.5, 0.6) is 0 Å². The molecule has 2 unspecified atom stereocenters. The average Bonchev–Trinajstić information content (AvgIpc) is 2.45. The quantitative estimate of drug-likeness (QED) is 0.921. The zero-order valence-corrected chi connectivity index (χ0v) is 13.5. The highest BCUT2D eigenvalue weighted by Gasteiger charge is 2.32. The van der Waals surface area contributed by atoms with Gasteiger partial charge in [0, 0.05) is 35.6 Å². The van der Waals surface area contributed by atoms with Gasteiger partial charge in [0.2, 0.25) is 0 Å². The monoisotopic (exact) mass is 315 g/mol. The number of para-hydroxylation sites is 1. The van der Waals surface area contributed by atoms with E-state index in [-0.39, 0.29) is 0 Å². The molecule has 20 heavy (non-hydrogen) atoms. The van der Waals surface area contributed by atoms with Gasteiger partial charge in [-0.05, 0) is 12.5 Å². The van der Waals surface area contributed by atoms with Gasteiger partial charge in [-0.15, -0.1) is 0 Å². The maximum Gasteiger partial charge on any atom is 0.169 e. The number of thioether (sulfide) groups is 1. The molecule has 112 valence electrons. The Labute approximate surface area is 125 Å². The summed E-state index contributed by atoms with van der Waals surface area (Å²) in [5, 5.41) is 9.64. The molecule has 1 fully saturated rings. The highest BCUT2D eigenvalue weighted by Crippen LogP contribution is 2.33. The van der Waals surface area contributed by atoms with Crippen molar-refractivity contribution in [2.45, 2.75) is 24.8 Å². The fourth-order valence-electron chi connectivity index (χ4n) is 2.46. The van der Waals surface area contributed by atoms with Crippen LogP contribution in [0.2, 0.25) is 0 Å². The molecular weight excluding hydrogens is 294 g/mol. The van der Waals surface area contributed by atoms with E-state index in [0.717, 1.165) is 17.0 Å². The molecule has 0 aliphatic carbocycles. The van der Waals surface area contributed by atoms with E-state index in [0.29, 0.717) is 18.7 Å². The van der Waals surface area contributed by atoms with E-state index in [1.54, 1.807) is 11.8 Å². The Hall–Kier alpha value is -0.720. The minimum atomic E-state index is -3.15. The molecule has 0 spiro atoms. The van der Waals surface area contributed by atoms with E-state index in [4.69, 9.17) is 0 Å². The Morgan fingerprint density at radius 3 is 2.80 bits per heavy atom. The van der Waals surface area contributed by atoms with E-state index in [1.165, 1.54) is 6.26 Å². The maximum atomic E-state index is 12.0. The summed E-state index contributed by atoms with van der Waals surface area (Å²) in [7, 11) is -3.15. The summed E-state index contributed by atoms with van der Waals surface area (Å²) >= 11 is 1.66. The van der Waals surface area contributed by atoms with Gasteiger partial charge in [-0.3, -0.25) is 0 Å². The van der Waals surface area contributed by atoms with Crippen molar-refractivity contribution in [1.82, 2.24) is 0 Å². The second kappa shape index (κ2) is 6.37. The van der Waals surface area contributed by atoms with Crippen molar-refractivity contribution in [3.05, 3.63) is 29.8 Å². The maximum absolute atomic E-state index is 12.0. The lowest BCUT2D eigenvalue weighted by Crippen LogP contribution is -2.47. The van der Waals surface area contributed by atoms with Gasteiger partial charge in [0.25, 0.3) is 0 Å². The summed E-state index contributed by atoms with van der Waals surface area (Å²) in [5.74, 6) is 1.48. The van der Waals surface area contributed by atoms with Gasteiger partial charge in [-0.25, -0.2) is 8.42 Å². The molecule has 1 saturated heterocycles. The lowest BCUT2D eigenvalue weighted by molar-refractivity contribution is 0.174. The highest BCUT2D eigenvalue weighted by atomic mass is 32.2. The van der Waals surface area contributed by atoms with Gasteiger partial charge in [-0.1, -0.05) is 25.1 Å². The van der Waals surface area contributed by atoms with Crippen molar-refractivity contribution in [1.29, 1.82) is 0 Å². The van der Waals surface area contributed by atoms with E-state index in [9.17, 15) is 13.5 Å². The van der Waals surface area contributed by atoms with Crippen LogP contribution in [0, 0.1) is 0 Å². The van der Waals surface area contributed by atoms with Crippen molar-refractivity contribution in [3.63, 3.8) is 0 Å². The lowest BCUT2D eigenvalue weighted by Gasteiger charge is -2.37. The van der Waals surface area contributed by atoms with Gasteiger partial charge in [0.15, 0.2) is 9.84 Å². The fourth-order valence-corrected chi connectivity index (χ4v) is 5.29. The molecule has 0 amide bonds. The van der Waals surface area contributed by atoms with Crippen LogP contribution >= 0.6 is 11.8 Å². The second-order valence-corrected chi connectivity index (χ2v) is 8.39. The molecule has 2 rings (SSSR count). The van der Waals surface area contributed by atoms with Crippen LogP contribution in [0.3, 0.4) is 0 Å². The third-order valence-electron chi connectivity index (χ3n) is 3.57. The van der Waals surface area contributed by atoms with Gasteiger partial charge < -0.3 is 10.0 Å². The number of benzene rings is 1. The summed E-state index contributed by atoms with van der Waals surface area (Å²) < 4.78 is 24.0. The molecular formula is C14H21NO3S2. The summed E-state index contributed by atoms with van der Waals surface area (Å²) in [4.78, 5) is 1.93. The number of aliphatic hydroxyl groups is 1. The van der Waals surface area contributed by atoms with Crippen molar-refractivity contribution in [3.8, 4) is 0 Å². The number of aliphatic hydroxyl groups excluding tert-OH is 1. The fraction of sp³-hybridized carbons (Fsp3) is 0.571. The molecule has 4 nitrogen and oxygen atoms in total. The molecule has 1 aliphatic rings. The first-order valence-electron chi connectivity index (χ1n) is 6.75. The highest BCUT2D eigenvalue weighted by molar-refractivity contribution is 8.01. The Morgan fingerprint density at radius 2 is 2.15 bits per heavy atom. The van der Waals surface area contributed by atoms with Gasteiger partial charge in [-0.2, -0.15) is 11.8 Å². The topological polar surface area (TPSA) is 57.6 Å². The summed E-state index contributed by atoms with van der Waals surface area (Å²) in [6.07, 6.45) is 1.35. The lowest BCUT2D eigenvalue weighted by atomic mass is 10.0. The van der Waals surface area contributed by atoms with Crippen molar-refractivity contribution >= 4 is 27.3 Å². The molecule has 6 heteroatoms. The van der Waals surface area contributed by atoms with Gasteiger partial charge in [0.1, 0.15) is 5.37 Å². The van der Waals surface area contributed by atoms with Crippen LogP contribution in [-0.4, -0.2) is 43.2 Å². The molecule has 0 saturated carbocycles. The minimum Gasteiger partial charge on any atom is -0.388 e. The first-order chi connectivity index (χ1) is 9.45. The number of hydrogen-bond acceptors (Lipinski definition) is 5. The first-order valence-corrected chi connectivity index (χ1v) is 9.86. The number of hydrogen-bond donors (Lipinski definition) is 1. The van der Waals surface area contributed by atoms with E-state index in [1.807, 2.05) is 36.1 Å². The molecule has 1 aliphatic heterocycles. The Kier molecular flexibility index (Phi) is 4.99. The molecule has 1 aromatic rings. The third kappa shape index (κ3) is 3.30. The molecule has 2 atom stereocenters. The van der Waals surface area contributed by atoms with E-state index in [2.05, 4.69) is 0 Å². The standard InChI is InChI=1S/C14H21NO3S2/c1-3-13(16)11-6-4-5-7-12(11)15-8-9-19-10-14(15)20(2,17)18/h4-7,13-14,16H,3,8-10H2,1-2H3. The van der Waals surface area contributed by atoms with Crippen LogP contribution in [-0.2, 0) is 9.84 Å². The smallest absolute Gasteiger partial charge is 0.169 e. The van der Waals surface area contributed by atoms with Crippen molar-refractivity contribution < 1.29 is 13.5 Å². The van der Waals surface area contributed by atoms with Crippen LogP contribution in [0.1, 0.15) is 25.0 Å². The van der Waals surface area contributed by atoms with Crippen molar-refractivity contribution in [2.24, 2.45) is 0 Å². The SMILES string of the molecule is CCC(O)c1ccccc1N1CCSCC1S(C)(=O)=O. The Bertz CT molecular complexity index is 559. The normalized spacial score (nSPS) is 21.8. The molecule has 1 aromatic carbocycles. The first kappa shape index (κ1) is 15.7. The largest absolute Gasteiger partial charge is 0.388 e. The zero-order chi connectivity index (χ0) is 14.8. The third-order valence-corrected chi connectivity index (χ3v) is 6.21. The predicted octanol–water partition coefficient (Wildman–Crippen LogP) is 2.05. The molecule has 0 bridgehead atoms. The second-order valence-electron chi connectivity index (χ2n) is 5.04. The van der Waals surface area contributed by atoms with Crippen LogP contribution in [0.25, 0.3) is 0 Å². The Morgan fingerprint density at radius 1 is 1.45 bits per heavy atom. The van der Waals surface area contributed by atoms with Crippen LogP contribution < -0.4 is 4.90 Å². The Balaban J connectivity index is 2.43. The molecule has 0 aromatic heterocycles. The molecule has 1 N–H and O–H groups in total. The number of rotatable bonds is 4. The van der Waals surface area contributed by atoms with Gasteiger partial charge >= 0.3 is 0 Å².